The van der Waals surface area contributed by atoms with E-state index in [1.165, 1.54) is 5.56 Å². The first kappa shape index (κ1) is 31.5. The summed E-state index contributed by atoms with van der Waals surface area (Å²) < 4.78 is 0. The molecule has 0 radical (unpaired) electrons. The quantitative estimate of drug-likeness (QED) is 0.121. The van der Waals surface area contributed by atoms with E-state index in [1.807, 2.05) is 26.0 Å². The van der Waals surface area contributed by atoms with Crippen LogP contribution in [0.3, 0.4) is 0 Å². The van der Waals surface area contributed by atoms with Gasteiger partial charge in [-0.2, -0.15) is 0 Å². The lowest BCUT2D eigenvalue weighted by atomic mass is 9.97. The number of nitrogens with zero attached hydrogens (tertiary/aromatic N) is 1. The van der Waals surface area contributed by atoms with E-state index in [0.29, 0.717) is 38.8 Å². The van der Waals surface area contributed by atoms with Crippen LogP contribution < -0.4 is 10.6 Å². The Balaban J connectivity index is 2.58. The maximum Gasteiger partial charge on any atom is 0.234 e. The largest absolute Gasteiger partial charge is 0.353 e. The first-order chi connectivity index (χ1) is 17.2. The fourth-order valence-electron chi connectivity index (χ4n) is 3.00. The van der Waals surface area contributed by atoms with Crippen molar-refractivity contribution in [3.63, 3.8) is 0 Å². The van der Waals surface area contributed by atoms with Crippen molar-refractivity contribution in [3.05, 3.63) is 59.7 Å². The second-order valence-electron chi connectivity index (χ2n) is 8.98. The van der Waals surface area contributed by atoms with E-state index in [9.17, 15) is 9.59 Å². The molecule has 0 aliphatic heterocycles. The highest BCUT2D eigenvalue weighted by Crippen LogP contribution is 2.19. The normalized spacial score (nSPS) is 11.8. The van der Waals surface area contributed by atoms with Crippen LogP contribution in [-0.4, -0.2) is 69.3 Å². The Morgan fingerprint density at radius 3 is 1.75 bits per heavy atom. The number of hydrogen-bond donors (Lipinski definition) is 2. The molecule has 1 unspecified atom stereocenters. The topological polar surface area (TPSA) is 98.4 Å². The molecule has 0 saturated heterocycles. The van der Waals surface area contributed by atoms with Crippen LogP contribution in [0, 0.1) is 0 Å². The summed E-state index contributed by atoms with van der Waals surface area (Å²) in [5.41, 5.74) is 3.98. The van der Waals surface area contributed by atoms with E-state index in [-0.39, 0.29) is 38.1 Å². The van der Waals surface area contributed by atoms with Gasteiger partial charge in [-0.15, -0.1) is 0 Å². The fraction of sp³-hybridized carbons (Fsp3) is 0.556. The minimum absolute atomic E-state index is 0.0609. The van der Waals surface area contributed by atoms with Crippen LogP contribution in [0.25, 0.3) is 0 Å². The van der Waals surface area contributed by atoms with Crippen molar-refractivity contribution in [1.82, 2.24) is 15.5 Å². The first-order valence-corrected chi connectivity index (χ1v) is 12.3. The predicted octanol–water partition coefficient (Wildman–Crippen LogP) is 3.28. The van der Waals surface area contributed by atoms with Gasteiger partial charge in [-0.25, -0.2) is 19.6 Å². The van der Waals surface area contributed by atoms with Gasteiger partial charge >= 0.3 is 0 Å². The van der Waals surface area contributed by atoms with Crippen molar-refractivity contribution >= 4 is 11.8 Å². The number of hydrogen-bond acceptors (Lipinski definition) is 7. The summed E-state index contributed by atoms with van der Waals surface area (Å²) in [7, 11) is 0. The highest BCUT2D eigenvalue weighted by molar-refractivity contribution is 5.81. The summed E-state index contributed by atoms with van der Waals surface area (Å²) in [6.07, 6.45) is 1.07. The van der Waals surface area contributed by atoms with Gasteiger partial charge in [0.15, 0.2) is 0 Å². The molecule has 9 nitrogen and oxygen atoms in total. The van der Waals surface area contributed by atoms with Gasteiger partial charge in [0.2, 0.25) is 11.8 Å². The summed E-state index contributed by atoms with van der Waals surface area (Å²) in [4.78, 5) is 46.7. The van der Waals surface area contributed by atoms with Crippen LogP contribution in [0.15, 0.2) is 48.6 Å². The van der Waals surface area contributed by atoms with E-state index < -0.39 is 0 Å². The zero-order chi connectivity index (χ0) is 26.8. The predicted molar refractivity (Wildman–Crippen MR) is 140 cm³/mol. The lowest BCUT2D eigenvalue weighted by Gasteiger charge is -2.22. The van der Waals surface area contributed by atoms with Gasteiger partial charge in [-0.1, -0.05) is 62.4 Å². The molecule has 0 bridgehead atoms. The molecule has 0 fully saturated rings. The number of carbonyl (C=O) groups is 2. The van der Waals surface area contributed by atoms with Crippen LogP contribution >= 0.6 is 0 Å². The Bertz CT molecular complexity index is 772. The van der Waals surface area contributed by atoms with Crippen LogP contribution in [0.1, 0.15) is 51.2 Å². The van der Waals surface area contributed by atoms with E-state index in [1.54, 1.807) is 4.90 Å². The number of benzene rings is 1. The number of amides is 2. The van der Waals surface area contributed by atoms with Gasteiger partial charge in [-0.05, 0) is 37.3 Å². The molecule has 202 valence electrons. The Hall–Kier alpha value is -2.56. The molecule has 1 rings (SSSR count). The molecule has 1 atom stereocenters. The van der Waals surface area contributed by atoms with E-state index in [0.717, 1.165) is 23.1 Å². The average molecular weight is 506 g/mol. The lowest BCUT2D eigenvalue weighted by Crippen LogP contribution is -2.43. The molecule has 1 aromatic rings. The molecule has 0 aliphatic rings. The Morgan fingerprint density at radius 2 is 1.33 bits per heavy atom. The SMILES string of the molecule is C=C(C)COOCCNC(=O)CN(CC(=O)NCCOOCC(=C)C)Cc1ccc(C(C)CC)cc1. The molecule has 0 spiro atoms. The van der Waals surface area contributed by atoms with Gasteiger partial charge in [0.25, 0.3) is 0 Å². The maximum atomic E-state index is 12.5. The van der Waals surface area contributed by atoms with Crippen molar-refractivity contribution in [2.45, 2.75) is 46.6 Å². The third kappa shape index (κ3) is 15.4. The molecule has 0 aliphatic carbocycles. The van der Waals surface area contributed by atoms with Crippen molar-refractivity contribution in [2.75, 3.05) is 52.6 Å². The second-order valence-corrected chi connectivity index (χ2v) is 8.98. The third-order valence-corrected chi connectivity index (χ3v) is 5.09. The van der Waals surface area contributed by atoms with Gasteiger partial charge in [0.05, 0.1) is 26.3 Å². The highest BCUT2D eigenvalue weighted by Gasteiger charge is 2.15. The summed E-state index contributed by atoms with van der Waals surface area (Å²) in [5.74, 6) is 0.0630. The van der Waals surface area contributed by atoms with E-state index in [4.69, 9.17) is 19.6 Å². The smallest absolute Gasteiger partial charge is 0.234 e. The standard InChI is InChI=1S/C27H43N3O6/c1-7-23(6)25-10-8-24(9-11-25)16-30(17-26(31)28-12-14-33-35-19-21(2)3)18-27(32)29-13-15-34-36-20-22(4)5/h8-11,23H,2,4,7,12-20H2,1,3,5-6H3,(H,28,31)(H,29,32). The van der Waals surface area contributed by atoms with Crippen molar-refractivity contribution in [1.29, 1.82) is 0 Å². The first-order valence-electron chi connectivity index (χ1n) is 12.3. The Kier molecular flexibility index (Phi) is 16.3. The summed E-state index contributed by atoms with van der Waals surface area (Å²) in [6, 6.07) is 8.30. The molecule has 1 aromatic carbocycles. The average Bonchev–Trinajstić information content (AvgIpc) is 2.83. The van der Waals surface area contributed by atoms with Crippen LogP contribution in [-0.2, 0) is 35.7 Å². The van der Waals surface area contributed by atoms with E-state index in [2.05, 4.69) is 49.8 Å². The molecule has 36 heavy (non-hydrogen) atoms. The number of rotatable bonds is 20. The molecule has 0 saturated carbocycles. The van der Waals surface area contributed by atoms with Crippen LogP contribution in [0.5, 0.6) is 0 Å². The number of nitrogens with one attached hydrogen (secondary N) is 2. The maximum absolute atomic E-state index is 12.5. The highest BCUT2D eigenvalue weighted by atomic mass is 17.2. The molecule has 0 heterocycles. The second kappa shape index (κ2) is 18.7. The Morgan fingerprint density at radius 1 is 0.861 bits per heavy atom. The lowest BCUT2D eigenvalue weighted by molar-refractivity contribution is -0.286. The van der Waals surface area contributed by atoms with Crippen molar-refractivity contribution < 1.29 is 29.1 Å². The zero-order valence-electron chi connectivity index (χ0n) is 22.3. The molecule has 2 amide bonds. The summed E-state index contributed by atoms with van der Waals surface area (Å²) in [5, 5.41) is 5.57. The minimum atomic E-state index is -0.209. The Labute approximate surface area is 215 Å². The van der Waals surface area contributed by atoms with Crippen molar-refractivity contribution in [3.8, 4) is 0 Å². The molecule has 9 heteroatoms. The molecular formula is C27H43N3O6. The summed E-state index contributed by atoms with van der Waals surface area (Å²) >= 11 is 0. The minimum Gasteiger partial charge on any atom is -0.353 e. The van der Waals surface area contributed by atoms with Gasteiger partial charge in [-0.3, -0.25) is 14.5 Å². The van der Waals surface area contributed by atoms with Gasteiger partial charge < -0.3 is 10.6 Å². The zero-order valence-corrected chi connectivity index (χ0v) is 22.3. The molecule has 2 N–H and O–H groups in total. The summed E-state index contributed by atoms with van der Waals surface area (Å²) in [6.45, 7) is 17.6. The van der Waals surface area contributed by atoms with Crippen LogP contribution in [0.2, 0.25) is 0 Å². The molecular weight excluding hydrogens is 462 g/mol. The third-order valence-electron chi connectivity index (χ3n) is 5.09. The monoisotopic (exact) mass is 505 g/mol. The molecule has 0 aromatic heterocycles. The van der Waals surface area contributed by atoms with Crippen LogP contribution in [0.4, 0.5) is 0 Å². The van der Waals surface area contributed by atoms with Gasteiger partial charge in [0.1, 0.15) is 13.2 Å². The van der Waals surface area contributed by atoms with E-state index >= 15 is 0 Å². The van der Waals surface area contributed by atoms with Crippen molar-refractivity contribution in [2.24, 2.45) is 0 Å². The number of carbonyl (C=O) groups excluding carboxylic acids is 2. The van der Waals surface area contributed by atoms with Gasteiger partial charge in [0, 0.05) is 19.6 Å². The fourth-order valence-corrected chi connectivity index (χ4v) is 3.00.